The van der Waals surface area contributed by atoms with E-state index in [-0.39, 0.29) is 0 Å². The predicted molar refractivity (Wildman–Crippen MR) is 72.8 cm³/mol. The van der Waals surface area contributed by atoms with Crippen LogP contribution >= 0.6 is 0 Å². The van der Waals surface area contributed by atoms with Gasteiger partial charge in [0.05, 0.1) is 5.56 Å². The van der Waals surface area contributed by atoms with E-state index < -0.39 is 5.97 Å². The summed E-state index contributed by atoms with van der Waals surface area (Å²) in [5.74, 6) is -0.849. The van der Waals surface area contributed by atoms with Crippen molar-refractivity contribution in [1.29, 1.82) is 0 Å². The number of hydrogen-bond acceptors (Lipinski definition) is 1. The topological polar surface area (TPSA) is 37.3 Å². The third-order valence-corrected chi connectivity index (χ3v) is 2.96. The van der Waals surface area contributed by atoms with Crippen LogP contribution in [0.3, 0.4) is 0 Å². The van der Waals surface area contributed by atoms with Gasteiger partial charge in [-0.3, -0.25) is 0 Å². The van der Waals surface area contributed by atoms with Crippen LogP contribution in [-0.2, 0) is 6.42 Å². The van der Waals surface area contributed by atoms with Crippen LogP contribution in [0.4, 0.5) is 0 Å². The summed E-state index contributed by atoms with van der Waals surface area (Å²) in [5.41, 5.74) is 3.51. The zero-order valence-corrected chi connectivity index (χ0v) is 10.4. The van der Waals surface area contributed by atoms with Gasteiger partial charge in [-0.1, -0.05) is 55.8 Å². The van der Waals surface area contributed by atoms with E-state index in [1.165, 1.54) is 0 Å². The Morgan fingerprint density at radius 1 is 1.06 bits per heavy atom. The van der Waals surface area contributed by atoms with Crippen molar-refractivity contribution in [1.82, 2.24) is 0 Å². The highest BCUT2D eigenvalue weighted by atomic mass is 16.4. The molecule has 2 aromatic carbocycles. The highest BCUT2D eigenvalue weighted by Crippen LogP contribution is 2.23. The number of carbonyl (C=O) groups is 1. The smallest absolute Gasteiger partial charge is 0.335 e. The normalized spacial score (nSPS) is 10.3. The third kappa shape index (κ3) is 2.59. The van der Waals surface area contributed by atoms with Gasteiger partial charge in [-0.05, 0) is 29.2 Å². The molecule has 2 rings (SSSR count). The quantitative estimate of drug-likeness (QED) is 0.876. The van der Waals surface area contributed by atoms with Gasteiger partial charge >= 0.3 is 5.97 Å². The second-order valence-electron chi connectivity index (χ2n) is 4.29. The summed E-state index contributed by atoms with van der Waals surface area (Å²) >= 11 is 0. The molecule has 0 atom stereocenters. The summed E-state index contributed by atoms with van der Waals surface area (Å²) in [5, 5.41) is 9.15. The molecule has 2 heteroatoms. The van der Waals surface area contributed by atoms with Crippen LogP contribution < -0.4 is 0 Å². The first-order valence-electron chi connectivity index (χ1n) is 6.14. The van der Waals surface area contributed by atoms with E-state index in [0.717, 1.165) is 29.5 Å². The van der Waals surface area contributed by atoms with E-state index in [2.05, 4.69) is 6.92 Å². The Labute approximate surface area is 107 Å². The fourth-order valence-electron chi connectivity index (χ4n) is 2.09. The van der Waals surface area contributed by atoms with E-state index in [1.807, 2.05) is 42.5 Å². The molecule has 0 aromatic heterocycles. The summed E-state index contributed by atoms with van der Waals surface area (Å²) in [6.07, 6.45) is 1.74. The molecule has 0 heterocycles. The molecule has 2 nitrogen and oxygen atoms in total. The number of benzene rings is 2. The Bertz CT molecular complexity index is 544. The minimum Gasteiger partial charge on any atom is -0.478 e. The van der Waals surface area contributed by atoms with Gasteiger partial charge in [-0.25, -0.2) is 4.79 Å². The van der Waals surface area contributed by atoms with Gasteiger partial charge in [0.1, 0.15) is 0 Å². The lowest BCUT2D eigenvalue weighted by Gasteiger charge is -2.08. The average Bonchev–Trinajstić information content (AvgIpc) is 2.40. The van der Waals surface area contributed by atoms with Gasteiger partial charge in [0, 0.05) is 0 Å². The van der Waals surface area contributed by atoms with Crippen molar-refractivity contribution in [3.8, 4) is 11.1 Å². The molecule has 92 valence electrons. The van der Waals surface area contributed by atoms with Crippen molar-refractivity contribution < 1.29 is 9.90 Å². The SMILES string of the molecule is CCCc1cc(-c2ccccc2)ccc1C(=O)O. The molecule has 0 fully saturated rings. The molecule has 0 amide bonds. The molecule has 0 radical (unpaired) electrons. The van der Waals surface area contributed by atoms with Crippen molar-refractivity contribution in [2.75, 3.05) is 0 Å². The maximum atomic E-state index is 11.1. The van der Waals surface area contributed by atoms with Crippen molar-refractivity contribution in [2.45, 2.75) is 19.8 Å². The van der Waals surface area contributed by atoms with Crippen molar-refractivity contribution in [3.63, 3.8) is 0 Å². The van der Waals surface area contributed by atoms with Gasteiger partial charge < -0.3 is 5.11 Å². The van der Waals surface area contributed by atoms with Crippen molar-refractivity contribution in [3.05, 3.63) is 59.7 Å². The monoisotopic (exact) mass is 240 g/mol. The minimum atomic E-state index is -0.849. The Balaban J connectivity index is 2.46. The molecule has 18 heavy (non-hydrogen) atoms. The Hall–Kier alpha value is -2.09. The van der Waals surface area contributed by atoms with Crippen molar-refractivity contribution >= 4 is 5.97 Å². The first-order chi connectivity index (χ1) is 8.72. The maximum absolute atomic E-state index is 11.1. The lowest BCUT2D eigenvalue weighted by atomic mass is 9.97. The summed E-state index contributed by atoms with van der Waals surface area (Å²) < 4.78 is 0. The summed E-state index contributed by atoms with van der Waals surface area (Å²) in [6.45, 7) is 2.06. The van der Waals surface area contributed by atoms with E-state index in [9.17, 15) is 4.79 Å². The van der Waals surface area contributed by atoms with Crippen LogP contribution in [0.2, 0.25) is 0 Å². The van der Waals surface area contributed by atoms with Crippen LogP contribution in [-0.4, -0.2) is 11.1 Å². The van der Waals surface area contributed by atoms with Gasteiger partial charge in [-0.15, -0.1) is 0 Å². The van der Waals surface area contributed by atoms with E-state index in [4.69, 9.17) is 5.11 Å². The standard InChI is InChI=1S/C16H16O2/c1-2-6-14-11-13(9-10-15(14)16(17)18)12-7-4-3-5-8-12/h3-5,7-11H,2,6H2,1H3,(H,17,18). The Morgan fingerprint density at radius 2 is 1.78 bits per heavy atom. The zero-order valence-electron chi connectivity index (χ0n) is 10.4. The van der Waals surface area contributed by atoms with E-state index in [1.54, 1.807) is 6.07 Å². The average molecular weight is 240 g/mol. The van der Waals surface area contributed by atoms with Gasteiger partial charge in [0.15, 0.2) is 0 Å². The number of aromatic carboxylic acids is 1. The Kier molecular flexibility index (Phi) is 3.78. The molecule has 1 N–H and O–H groups in total. The second-order valence-corrected chi connectivity index (χ2v) is 4.29. The molecule has 0 unspecified atom stereocenters. The zero-order chi connectivity index (χ0) is 13.0. The lowest BCUT2D eigenvalue weighted by Crippen LogP contribution is -2.02. The minimum absolute atomic E-state index is 0.413. The van der Waals surface area contributed by atoms with Crippen molar-refractivity contribution in [2.24, 2.45) is 0 Å². The maximum Gasteiger partial charge on any atom is 0.335 e. The summed E-state index contributed by atoms with van der Waals surface area (Å²) in [4.78, 5) is 11.1. The van der Waals surface area contributed by atoms with Crippen LogP contribution in [0, 0.1) is 0 Å². The Morgan fingerprint density at radius 3 is 2.39 bits per heavy atom. The number of rotatable bonds is 4. The van der Waals surface area contributed by atoms with Crippen LogP contribution in [0.1, 0.15) is 29.3 Å². The number of carboxylic acids is 1. The second kappa shape index (κ2) is 5.50. The van der Waals surface area contributed by atoms with Gasteiger partial charge in [0.25, 0.3) is 0 Å². The van der Waals surface area contributed by atoms with Gasteiger partial charge in [0.2, 0.25) is 0 Å². The summed E-state index contributed by atoms with van der Waals surface area (Å²) in [7, 11) is 0. The van der Waals surface area contributed by atoms with Crippen LogP contribution in [0.5, 0.6) is 0 Å². The molecule has 0 bridgehead atoms. The van der Waals surface area contributed by atoms with Crippen LogP contribution in [0.25, 0.3) is 11.1 Å². The van der Waals surface area contributed by atoms with E-state index >= 15 is 0 Å². The predicted octanol–water partition coefficient (Wildman–Crippen LogP) is 4.00. The molecule has 0 saturated heterocycles. The molecule has 0 saturated carbocycles. The molecule has 0 spiro atoms. The number of aryl methyl sites for hydroxylation is 1. The largest absolute Gasteiger partial charge is 0.478 e. The summed E-state index contributed by atoms with van der Waals surface area (Å²) in [6, 6.07) is 15.6. The lowest BCUT2D eigenvalue weighted by molar-refractivity contribution is 0.0695. The fourth-order valence-corrected chi connectivity index (χ4v) is 2.09. The van der Waals surface area contributed by atoms with E-state index in [0.29, 0.717) is 5.56 Å². The third-order valence-electron chi connectivity index (χ3n) is 2.96. The number of carboxylic acid groups (broad SMARTS) is 1. The first-order valence-corrected chi connectivity index (χ1v) is 6.14. The van der Waals surface area contributed by atoms with Gasteiger partial charge in [-0.2, -0.15) is 0 Å². The molecule has 0 aliphatic heterocycles. The molecule has 2 aromatic rings. The molecular weight excluding hydrogens is 224 g/mol. The first kappa shape index (κ1) is 12.4. The highest BCUT2D eigenvalue weighted by molar-refractivity contribution is 5.90. The molecule has 0 aliphatic rings. The fraction of sp³-hybridized carbons (Fsp3) is 0.188. The highest BCUT2D eigenvalue weighted by Gasteiger charge is 2.10. The van der Waals surface area contributed by atoms with Crippen LogP contribution in [0.15, 0.2) is 48.5 Å². The molecular formula is C16H16O2. The number of hydrogen-bond donors (Lipinski definition) is 1. The molecule has 0 aliphatic carbocycles.